The Balaban J connectivity index is 1.29. The second kappa shape index (κ2) is 16.0. The van der Waals surface area contributed by atoms with Gasteiger partial charge >= 0.3 is 0 Å². The molecule has 0 amide bonds. The van der Waals surface area contributed by atoms with Crippen molar-refractivity contribution in [3.63, 3.8) is 0 Å². The van der Waals surface area contributed by atoms with Gasteiger partial charge < -0.3 is 9.13 Å². The van der Waals surface area contributed by atoms with Gasteiger partial charge in [-0.1, -0.05) is 197 Å². The van der Waals surface area contributed by atoms with E-state index in [4.69, 9.17) is 9.97 Å². The standard InChI is InChI=1S/C68H48N6/c1-68(2,3)44-41-53(43-23-5-4-6-24-43)69-54(42-44)63-64(71-55-33-15-7-25-45(55)46-26-8-16-34-56(46)71)66(73-59-37-19-11-29-49(59)50-30-12-20-38-60(50)73)70-67(74-61-39-21-13-31-51(61)52-32-14-22-40-62(52)74)65(63)72-57-35-17-9-27-47(57)48-28-10-18-36-58(48)72/h4-42H,1-3H3. The minimum Gasteiger partial charge on any atom is -0.305 e. The number of fused-ring (bicyclic) bond motifs is 12. The van der Waals surface area contributed by atoms with Gasteiger partial charge in [0.05, 0.1) is 61.1 Å². The lowest BCUT2D eigenvalue weighted by atomic mass is 9.85. The lowest BCUT2D eigenvalue weighted by Crippen LogP contribution is -2.17. The van der Waals surface area contributed by atoms with Gasteiger partial charge in [-0.25, -0.2) is 9.97 Å². The Morgan fingerprint density at radius 1 is 0.284 bits per heavy atom. The first kappa shape index (κ1) is 42.2. The first-order valence-electron chi connectivity index (χ1n) is 25.5. The molecule has 0 saturated heterocycles. The van der Waals surface area contributed by atoms with Gasteiger partial charge in [0.15, 0.2) is 11.6 Å². The van der Waals surface area contributed by atoms with Crippen molar-refractivity contribution in [2.24, 2.45) is 0 Å². The molecular weight excluding hydrogens is 901 g/mol. The van der Waals surface area contributed by atoms with Crippen LogP contribution < -0.4 is 0 Å². The van der Waals surface area contributed by atoms with E-state index in [0.29, 0.717) is 0 Å². The normalized spacial score (nSPS) is 12.3. The number of rotatable bonds is 6. The number of benzene rings is 9. The van der Waals surface area contributed by atoms with Crippen LogP contribution in [0, 0.1) is 0 Å². The summed E-state index contributed by atoms with van der Waals surface area (Å²) < 4.78 is 9.83. The second-order valence-electron chi connectivity index (χ2n) is 20.6. The van der Waals surface area contributed by atoms with Gasteiger partial charge in [-0.2, -0.15) is 0 Å². The third-order valence-electron chi connectivity index (χ3n) is 15.3. The largest absolute Gasteiger partial charge is 0.305 e. The fraction of sp³-hybridized carbons (Fsp3) is 0.0588. The van der Waals surface area contributed by atoms with Crippen LogP contribution in [0.5, 0.6) is 0 Å². The SMILES string of the molecule is CC(C)(C)c1cc(-c2ccccc2)nc(-c2c(-n3c4ccccc4c4ccccc43)c(-n3c4ccccc4c4ccccc43)nc(-n3c4ccccc4c4ccccc43)c2-n2c3ccccc3c3ccccc32)c1. The van der Waals surface area contributed by atoms with Gasteiger partial charge in [0.2, 0.25) is 0 Å². The van der Waals surface area contributed by atoms with Crippen LogP contribution in [0.15, 0.2) is 237 Å². The Labute approximate surface area is 427 Å². The van der Waals surface area contributed by atoms with Crippen molar-refractivity contribution in [3.8, 4) is 45.5 Å². The number of hydrogen-bond donors (Lipinski definition) is 0. The number of pyridine rings is 2. The van der Waals surface area contributed by atoms with Gasteiger partial charge in [-0.05, 0) is 71.6 Å². The van der Waals surface area contributed by atoms with Gasteiger partial charge in [-0.15, -0.1) is 0 Å². The molecule has 0 radical (unpaired) electrons. The van der Waals surface area contributed by atoms with E-state index in [0.717, 1.165) is 133 Å². The molecule has 6 aromatic heterocycles. The summed E-state index contributed by atoms with van der Waals surface area (Å²) in [4.78, 5) is 12.4. The van der Waals surface area contributed by atoms with E-state index in [9.17, 15) is 0 Å². The van der Waals surface area contributed by atoms with Crippen molar-refractivity contribution >= 4 is 87.2 Å². The highest BCUT2D eigenvalue weighted by molar-refractivity contribution is 6.15. The van der Waals surface area contributed by atoms with E-state index in [1.54, 1.807) is 0 Å². The molecule has 15 aromatic rings. The Morgan fingerprint density at radius 3 is 0.865 bits per heavy atom. The average molecular weight is 949 g/mol. The smallest absolute Gasteiger partial charge is 0.165 e. The molecule has 0 fully saturated rings. The molecule has 0 atom stereocenters. The lowest BCUT2D eigenvalue weighted by molar-refractivity contribution is 0.590. The van der Waals surface area contributed by atoms with Crippen LogP contribution in [-0.2, 0) is 5.41 Å². The van der Waals surface area contributed by atoms with Crippen LogP contribution in [0.25, 0.3) is 133 Å². The van der Waals surface area contributed by atoms with Crippen molar-refractivity contribution < 1.29 is 0 Å². The summed E-state index contributed by atoms with van der Waals surface area (Å²) >= 11 is 0. The first-order chi connectivity index (χ1) is 36.4. The highest BCUT2D eigenvalue weighted by Gasteiger charge is 2.34. The van der Waals surface area contributed by atoms with Crippen molar-refractivity contribution in [1.82, 2.24) is 28.2 Å². The van der Waals surface area contributed by atoms with E-state index >= 15 is 0 Å². The summed E-state index contributed by atoms with van der Waals surface area (Å²) in [5, 5.41) is 9.27. The van der Waals surface area contributed by atoms with E-state index < -0.39 is 0 Å². The zero-order chi connectivity index (χ0) is 49.2. The van der Waals surface area contributed by atoms with Crippen LogP contribution >= 0.6 is 0 Å². The molecule has 0 saturated carbocycles. The highest BCUT2D eigenvalue weighted by atomic mass is 15.2. The van der Waals surface area contributed by atoms with Crippen LogP contribution in [0.1, 0.15) is 26.3 Å². The van der Waals surface area contributed by atoms with Crippen molar-refractivity contribution in [3.05, 3.63) is 242 Å². The molecule has 6 nitrogen and oxygen atoms in total. The monoisotopic (exact) mass is 948 g/mol. The van der Waals surface area contributed by atoms with Gasteiger partial charge in [0, 0.05) is 48.7 Å². The third-order valence-corrected chi connectivity index (χ3v) is 15.3. The molecule has 9 aromatic carbocycles. The molecule has 0 bridgehead atoms. The lowest BCUT2D eigenvalue weighted by Gasteiger charge is -2.27. The van der Waals surface area contributed by atoms with Crippen LogP contribution in [-0.4, -0.2) is 28.2 Å². The molecule has 0 aliphatic carbocycles. The van der Waals surface area contributed by atoms with Crippen LogP contribution in [0.4, 0.5) is 0 Å². The Morgan fingerprint density at radius 2 is 0.554 bits per heavy atom. The third kappa shape index (κ3) is 6.12. The number of hydrogen-bond acceptors (Lipinski definition) is 2. The van der Waals surface area contributed by atoms with Gasteiger partial charge in [0.1, 0.15) is 11.4 Å². The molecule has 0 unspecified atom stereocenters. The molecule has 0 spiro atoms. The predicted octanol–water partition coefficient (Wildman–Crippen LogP) is 17.5. The van der Waals surface area contributed by atoms with Crippen LogP contribution in [0.3, 0.4) is 0 Å². The molecule has 0 N–H and O–H groups in total. The first-order valence-corrected chi connectivity index (χ1v) is 25.5. The Hall–Kier alpha value is -9.52. The summed E-state index contributed by atoms with van der Waals surface area (Å²) in [5.41, 5.74) is 15.1. The van der Waals surface area contributed by atoms with E-state index in [1.165, 1.54) is 5.56 Å². The maximum absolute atomic E-state index is 6.39. The Kier molecular flexibility index (Phi) is 9.12. The Bertz CT molecular complexity index is 4300. The number of nitrogens with zero attached hydrogens (tertiary/aromatic N) is 6. The molecule has 74 heavy (non-hydrogen) atoms. The van der Waals surface area contributed by atoms with Gasteiger partial charge in [0.25, 0.3) is 0 Å². The van der Waals surface area contributed by atoms with Crippen molar-refractivity contribution in [1.29, 1.82) is 0 Å². The summed E-state index contributed by atoms with van der Waals surface area (Å²) in [6.07, 6.45) is 0. The average Bonchev–Trinajstić information content (AvgIpc) is 4.24. The van der Waals surface area contributed by atoms with Gasteiger partial charge in [-0.3, -0.25) is 9.13 Å². The quantitative estimate of drug-likeness (QED) is 0.167. The molecule has 6 heterocycles. The highest BCUT2D eigenvalue weighted by Crippen LogP contribution is 2.49. The van der Waals surface area contributed by atoms with Crippen LogP contribution in [0.2, 0.25) is 0 Å². The summed E-state index contributed by atoms with van der Waals surface area (Å²) in [5.74, 6) is 1.57. The summed E-state index contributed by atoms with van der Waals surface area (Å²) in [7, 11) is 0. The number of para-hydroxylation sites is 8. The summed E-state index contributed by atoms with van der Waals surface area (Å²) in [6, 6.07) is 85.9. The van der Waals surface area contributed by atoms with Crippen molar-refractivity contribution in [2.45, 2.75) is 26.2 Å². The molecule has 350 valence electrons. The van der Waals surface area contributed by atoms with Crippen molar-refractivity contribution in [2.75, 3.05) is 0 Å². The van der Waals surface area contributed by atoms with E-state index in [-0.39, 0.29) is 5.41 Å². The fourth-order valence-electron chi connectivity index (χ4n) is 12.0. The molecular formula is C68H48N6. The second-order valence-corrected chi connectivity index (χ2v) is 20.6. The number of aromatic nitrogens is 6. The van der Waals surface area contributed by atoms with E-state index in [2.05, 4.69) is 276 Å². The van der Waals surface area contributed by atoms with E-state index in [1.807, 2.05) is 0 Å². The molecule has 15 rings (SSSR count). The molecule has 6 heteroatoms. The molecule has 0 aliphatic rings. The zero-order valence-corrected chi connectivity index (χ0v) is 41.2. The zero-order valence-electron chi connectivity index (χ0n) is 41.2. The maximum atomic E-state index is 6.39. The predicted molar refractivity (Wildman–Crippen MR) is 309 cm³/mol. The summed E-state index contributed by atoms with van der Waals surface area (Å²) in [6.45, 7) is 6.92. The fourth-order valence-corrected chi connectivity index (χ4v) is 12.0. The topological polar surface area (TPSA) is 45.5 Å². The maximum Gasteiger partial charge on any atom is 0.165 e. The molecule has 0 aliphatic heterocycles. The minimum atomic E-state index is -0.250. The minimum absolute atomic E-state index is 0.250.